The fourth-order valence-corrected chi connectivity index (χ4v) is 2.81. The van der Waals surface area contributed by atoms with E-state index in [0.717, 1.165) is 44.2 Å². The standard InChI is InChI=1S/C12H16ClN5O2S/c13-12-16-15-10(21-12)11(19)18(3-1-2-14)5-4-17-6-8-20-9-7-17/h1,3-9H2. The van der Waals surface area contributed by atoms with E-state index in [1.807, 2.05) is 0 Å². The van der Waals surface area contributed by atoms with E-state index in [9.17, 15) is 4.79 Å². The van der Waals surface area contributed by atoms with Crippen LogP contribution in [0.1, 0.15) is 16.2 Å². The third kappa shape index (κ3) is 4.89. The maximum Gasteiger partial charge on any atom is 0.284 e. The highest BCUT2D eigenvalue weighted by molar-refractivity contribution is 7.17. The van der Waals surface area contributed by atoms with Gasteiger partial charge in [0.25, 0.3) is 5.91 Å². The molecule has 0 radical (unpaired) electrons. The van der Waals surface area contributed by atoms with E-state index in [-0.39, 0.29) is 15.4 Å². The Morgan fingerprint density at radius 3 is 2.81 bits per heavy atom. The van der Waals surface area contributed by atoms with Crippen molar-refractivity contribution in [2.45, 2.75) is 6.42 Å². The molecule has 7 nitrogen and oxygen atoms in total. The van der Waals surface area contributed by atoms with Gasteiger partial charge in [0, 0.05) is 32.7 Å². The van der Waals surface area contributed by atoms with Gasteiger partial charge in [0.2, 0.25) is 9.47 Å². The van der Waals surface area contributed by atoms with Gasteiger partial charge in [-0.15, -0.1) is 10.2 Å². The van der Waals surface area contributed by atoms with Gasteiger partial charge in [-0.2, -0.15) is 5.26 Å². The maximum atomic E-state index is 12.4. The summed E-state index contributed by atoms with van der Waals surface area (Å²) in [6, 6.07) is 2.06. The Bertz CT molecular complexity index is 512. The van der Waals surface area contributed by atoms with Gasteiger partial charge in [-0.25, -0.2) is 0 Å². The molecule has 1 aliphatic rings. The van der Waals surface area contributed by atoms with Crippen LogP contribution in [0, 0.1) is 11.3 Å². The summed E-state index contributed by atoms with van der Waals surface area (Å²) in [5.74, 6) is -0.220. The van der Waals surface area contributed by atoms with Crippen molar-refractivity contribution in [2.24, 2.45) is 0 Å². The summed E-state index contributed by atoms with van der Waals surface area (Å²) >= 11 is 6.77. The highest BCUT2D eigenvalue weighted by atomic mass is 35.5. The second kappa shape index (κ2) is 8.24. The molecule has 0 bridgehead atoms. The predicted molar refractivity (Wildman–Crippen MR) is 78.3 cm³/mol. The van der Waals surface area contributed by atoms with Crippen molar-refractivity contribution in [2.75, 3.05) is 45.9 Å². The lowest BCUT2D eigenvalue weighted by molar-refractivity contribution is 0.0326. The number of ether oxygens (including phenoxy) is 1. The highest BCUT2D eigenvalue weighted by Crippen LogP contribution is 2.16. The zero-order chi connectivity index (χ0) is 15.1. The molecule has 2 heterocycles. The number of carbonyl (C=O) groups excluding carboxylic acids is 1. The van der Waals surface area contributed by atoms with Crippen molar-refractivity contribution in [1.29, 1.82) is 5.26 Å². The van der Waals surface area contributed by atoms with Gasteiger partial charge in [-0.3, -0.25) is 9.69 Å². The Kier molecular flexibility index (Phi) is 6.32. The number of carbonyl (C=O) groups is 1. The molecule has 9 heteroatoms. The second-order valence-electron chi connectivity index (χ2n) is 4.51. The van der Waals surface area contributed by atoms with Gasteiger partial charge >= 0.3 is 0 Å². The molecule has 1 aromatic heterocycles. The highest BCUT2D eigenvalue weighted by Gasteiger charge is 2.21. The molecule has 2 rings (SSSR count). The number of morpholine rings is 1. The van der Waals surface area contributed by atoms with Crippen LogP contribution >= 0.6 is 22.9 Å². The Morgan fingerprint density at radius 2 is 2.19 bits per heavy atom. The van der Waals surface area contributed by atoms with Crippen LogP contribution in [0.3, 0.4) is 0 Å². The van der Waals surface area contributed by atoms with Crippen LogP contribution in [0.15, 0.2) is 0 Å². The van der Waals surface area contributed by atoms with E-state index in [2.05, 4.69) is 21.2 Å². The van der Waals surface area contributed by atoms with E-state index in [0.29, 0.717) is 19.5 Å². The van der Waals surface area contributed by atoms with Crippen LogP contribution in [-0.4, -0.2) is 71.8 Å². The number of halogens is 1. The topological polar surface area (TPSA) is 82.4 Å². The van der Waals surface area contributed by atoms with Crippen molar-refractivity contribution < 1.29 is 9.53 Å². The summed E-state index contributed by atoms with van der Waals surface area (Å²) in [4.78, 5) is 16.2. The van der Waals surface area contributed by atoms with Crippen LogP contribution < -0.4 is 0 Å². The number of nitriles is 1. The smallest absolute Gasteiger partial charge is 0.284 e. The Labute approximate surface area is 132 Å². The lowest BCUT2D eigenvalue weighted by atomic mass is 10.3. The van der Waals surface area contributed by atoms with Crippen LogP contribution in [0.5, 0.6) is 0 Å². The summed E-state index contributed by atoms with van der Waals surface area (Å²) in [6.45, 7) is 4.87. The molecule has 1 fully saturated rings. The molecule has 1 amide bonds. The summed E-state index contributed by atoms with van der Waals surface area (Å²) in [7, 11) is 0. The van der Waals surface area contributed by atoms with Gasteiger partial charge in [0.1, 0.15) is 0 Å². The number of hydrogen-bond donors (Lipinski definition) is 0. The molecule has 114 valence electrons. The Morgan fingerprint density at radius 1 is 1.43 bits per heavy atom. The normalized spacial score (nSPS) is 15.6. The fraction of sp³-hybridized carbons (Fsp3) is 0.667. The van der Waals surface area contributed by atoms with Crippen molar-refractivity contribution in [1.82, 2.24) is 20.0 Å². The summed E-state index contributed by atoms with van der Waals surface area (Å²) < 4.78 is 5.54. The minimum Gasteiger partial charge on any atom is -0.379 e. The monoisotopic (exact) mass is 329 g/mol. The Balaban J connectivity index is 1.93. The molecule has 0 atom stereocenters. The zero-order valence-electron chi connectivity index (χ0n) is 11.5. The summed E-state index contributed by atoms with van der Waals surface area (Å²) in [5, 5.41) is 16.4. The van der Waals surface area contributed by atoms with E-state index in [4.69, 9.17) is 21.6 Å². The number of rotatable bonds is 6. The van der Waals surface area contributed by atoms with Crippen molar-refractivity contribution in [3.63, 3.8) is 0 Å². The van der Waals surface area contributed by atoms with Crippen LogP contribution in [0.4, 0.5) is 0 Å². The first kappa shape index (κ1) is 16.1. The van der Waals surface area contributed by atoms with Crippen LogP contribution in [0.2, 0.25) is 4.47 Å². The maximum absolute atomic E-state index is 12.4. The molecule has 0 N–H and O–H groups in total. The average Bonchev–Trinajstić information content (AvgIpc) is 2.94. The number of amides is 1. The average molecular weight is 330 g/mol. The Hall–Kier alpha value is -1.27. The first-order valence-electron chi connectivity index (χ1n) is 6.66. The van der Waals surface area contributed by atoms with Gasteiger partial charge in [0.15, 0.2) is 0 Å². The van der Waals surface area contributed by atoms with Gasteiger partial charge in [-0.05, 0) is 11.6 Å². The molecule has 0 unspecified atom stereocenters. The van der Waals surface area contributed by atoms with E-state index in [1.54, 1.807) is 4.90 Å². The quantitative estimate of drug-likeness (QED) is 0.770. The lowest BCUT2D eigenvalue weighted by Crippen LogP contribution is -2.43. The fourth-order valence-electron chi connectivity index (χ4n) is 2.01. The lowest BCUT2D eigenvalue weighted by Gasteiger charge is -2.29. The van der Waals surface area contributed by atoms with Gasteiger partial charge in [0.05, 0.1) is 25.7 Å². The minimum atomic E-state index is -0.220. The molecule has 1 saturated heterocycles. The third-order valence-corrected chi connectivity index (χ3v) is 4.16. The minimum absolute atomic E-state index is 0.220. The molecule has 0 aliphatic carbocycles. The van der Waals surface area contributed by atoms with Crippen LogP contribution in [-0.2, 0) is 4.74 Å². The molecular weight excluding hydrogens is 314 g/mol. The largest absolute Gasteiger partial charge is 0.379 e. The van der Waals surface area contributed by atoms with Crippen LogP contribution in [0.25, 0.3) is 0 Å². The van der Waals surface area contributed by atoms with Gasteiger partial charge in [-0.1, -0.05) is 11.3 Å². The molecular formula is C12H16ClN5O2S. The SMILES string of the molecule is N#CCCN(CCN1CCOCC1)C(=O)c1nnc(Cl)s1. The molecule has 1 aliphatic heterocycles. The first-order valence-corrected chi connectivity index (χ1v) is 7.85. The van der Waals surface area contributed by atoms with E-state index >= 15 is 0 Å². The zero-order valence-corrected chi connectivity index (χ0v) is 13.1. The van der Waals surface area contributed by atoms with Crippen molar-refractivity contribution in [3.05, 3.63) is 9.47 Å². The first-order chi connectivity index (χ1) is 10.2. The number of aromatic nitrogens is 2. The number of hydrogen-bond acceptors (Lipinski definition) is 7. The van der Waals surface area contributed by atoms with E-state index in [1.165, 1.54) is 0 Å². The third-order valence-electron chi connectivity index (χ3n) is 3.15. The molecule has 21 heavy (non-hydrogen) atoms. The molecule has 0 saturated carbocycles. The summed E-state index contributed by atoms with van der Waals surface area (Å²) in [5.41, 5.74) is 0. The molecule has 0 spiro atoms. The predicted octanol–water partition coefficient (Wildman–Crippen LogP) is 0.880. The van der Waals surface area contributed by atoms with Crippen molar-refractivity contribution >= 4 is 28.8 Å². The number of nitrogens with zero attached hydrogens (tertiary/aromatic N) is 5. The van der Waals surface area contributed by atoms with Gasteiger partial charge < -0.3 is 9.64 Å². The second-order valence-corrected chi connectivity index (χ2v) is 6.07. The molecule has 0 aromatic carbocycles. The molecule has 1 aromatic rings. The van der Waals surface area contributed by atoms with E-state index < -0.39 is 0 Å². The van der Waals surface area contributed by atoms with Crippen molar-refractivity contribution in [3.8, 4) is 6.07 Å². The summed E-state index contributed by atoms with van der Waals surface area (Å²) in [6.07, 6.45) is 0.293.